The number of carbonyl (C=O) groups is 1. The molecule has 1 amide bonds. The SMILES string of the molecule is Cc1cccc(CSCCNC(=O)COc2ccccc2Cl)c1. The van der Waals surface area contributed by atoms with Crippen LogP contribution < -0.4 is 10.1 Å². The van der Waals surface area contributed by atoms with Crippen LogP contribution in [0.5, 0.6) is 5.75 Å². The molecule has 1 N–H and O–H groups in total. The van der Waals surface area contributed by atoms with Gasteiger partial charge in [0.15, 0.2) is 6.61 Å². The van der Waals surface area contributed by atoms with Crippen LogP contribution in [0.3, 0.4) is 0 Å². The Balaban J connectivity index is 1.59. The summed E-state index contributed by atoms with van der Waals surface area (Å²) in [7, 11) is 0. The molecular formula is C18H20ClNO2S. The summed E-state index contributed by atoms with van der Waals surface area (Å²) < 4.78 is 5.39. The number of carbonyl (C=O) groups excluding carboxylic acids is 1. The van der Waals surface area contributed by atoms with E-state index in [1.54, 1.807) is 23.9 Å². The minimum Gasteiger partial charge on any atom is -0.482 e. The smallest absolute Gasteiger partial charge is 0.257 e. The van der Waals surface area contributed by atoms with Crippen LogP contribution in [0, 0.1) is 6.92 Å². The van der Waals surface area contributed by atoms with E-state index in [2.05, 4.69) is 36.5 Å². The molecule has 0 unspecified atom stereocenters. The molecule has 0 saturated carbocycles. The Morgan fingerprint density at radius 1 is 1.22 bits per heavy atom. The van der Waals surface area contributed by atoms with E-state index >= 15 is 0 Å². The Hall–Kier alpha value is -1.65. The molecule has 0 bridgehead atoms. The molecule has 0 atom stereocenters. The van der Waals surface area contributed by atoms with E-state index < -0.39 is 0 Å². The first-order valence-corrected chi connectivity index (χ1v) is 8.96. The van der Waals surface area contributed by atoms with Crippen LogP contribution in [-0.2, 0) is 10.5 Å². The van der Waals surface area contributed by atoms with Gasteiger partial charge < -0.3 is 10.1 Å². The van der Waals surface area contributed by atoms with Gasteiger partial charge in [-0.3, -0.25) is 4.79 Å². The summed E-state index contributed by atoms with van der Waals surface area (Å²) in [6, 6.07) is 15.6. The lowest BCUT2D eigenvalue weighted by Gasteiger charge is -2.08. The van der Waals surface area contributed by atoms with Gasteiger partial charge in [0.25, 0.3) is 5.91 Å². The molecular weight excluding hydrogens is 330 g/mol. The van der Waals surface area contributed by atoms with E-state index in [-0.39, 0.29) is 12.5 Å². The third-order valence-electron chi connectivity index (χ3n) is 3.12. The van der Waals surface area contributed by atoms with Gasteiger partial charge in [-0.05, 0) is 24.6 Å². The van der Waals surface area contributed by atoms with Crippen molar-refractivity contribution in [2.75, 3.05) is 18.9 Å². The highest BCUT2D eigenvalue weighted by Crippen LogP contribution is 2.22. The Morgan fingerprint density at radius 2 is 2.04 bits per heavy atom. The van der Waals surface area contributed by atoms with Crippen LogP contribution in [0.25, 0.3) is 0 Å². The van der Waals surface area contributed by atoms with E-state index in [4.69, 9.17) is 16.3 Å². The summed E-state index contributed by atoms with van der Waals surface area (Å²) in [5.41, 5.74) is 2.58. The summed E-state index contributed by atoms with van der Waals surface area (Å²) in [6.07, 6.45) is 0. The zero-order valence-electron chi connectivity index (χ0n) is 13.0. The lowest BCUT2D eigenvalue weighted by atomic mass is 10.2. The molecule has 23 heavy (non-hydrogen) atoms. The Kier molecular flexibility index (Phi) is 7.30. The highest BCUT2D eigenvalue weighted by Gasteiger charge is 2.04. The summed E-state index contributed by atoms with van der Waals surface area (Å²) in [5, 5.41) is 3.35. The highest BCUT2D eigenvalue weighted by molar-refractivity contribution is 7.98. The van der Waals surface area contributed by atoms with Crippen LogP contribution in [0.15, 0.2) is 48.5 Å². The van der Waals surface area contributed by atoms with Crippen molar-refractivity contribution in [1.82, 2.24) is 5.32 Å². The van der Waals surface area contributed by atoms with Crippen LogP contribution >= 0.6 is 23.4 Å². The van der Waals surface area contributed by atoms with Crippen molar-refractivity contribution in [2.24, 2.45) is 0 Å². The first-order valence-electron chi connectivity index (χ1n) is 7.42. The van der Waals surface area contributed by atoms with E-state index in [9.17, 15) is 4.79 Å². The van der Waals surface area contributed by atoms with Gasteiger partial charge in [-0.25, -0.2) is 0 Å². The fourth-order valence-electron chi connectivity index (χ4n) is 2.01. The quantitative estimate of drug-likeness (QED) is 0.730. The van der Waals surface area contributed by atoms with E-state index in [1.807, 2.05) is 12.1 Å². The maximum Gasteiger partial charge on any atom is 0.257 e. The molecule has 0 aliphatic carbocycles. The largest absolute Gasteiger partial charge is 0.482 e. The van der Waals surface area contributed by atoms with Crippen molar-refractivity contribution in [3.05, 3.63) is 64.7 Å². The first-order chi connectivity index (χ1) is 11.1. The molecule has 0 aliphatic rings. The number of halogens is 1. The van der Waals surface area contributed by atoms with Crippen molar-refractivity contribution in [2.45, 2.75) is 12.7 Å². The van der Waals surface area contributed by atoms with Crippen molar-refractivity contribution >= 4 is 29.3 Å². The second kappa shape index (κ2) is 9.48. The number of hydrogen-bond acceptors (Lipinski definition) is 3. The number of rotatable bonds is 8. The third-order valence-corrected chi connectivity index (χ3v) is 4.46. The zero-order chi connectivity index (χ0) is 16.5. The molecule has 0 saturated heterocycles. The van der Waals surface area contributed by atoms with Crippen molar-refractivity contribution < 1.29 is 9.53 Å². The van der Waals surface area contributed by atoms with Gasteiger partial charge in [-0.15, -0.1) is 0 Å². The van der Waals surface area contributed by atoms with Crippen molar-refractivity contribution in [3.8, 4) is 5.75 Å². The van der Waals surface area contributed by atoms with E-state index in [1.165, 1.54) is 11.1 Å². The van der Waals surface area contributed by atoms with Crippen molar-refractivity contribution in [3.63, 3.8) is 0 Å². The lowest BCUT2D eigenvalue weighted by Crippen LogP contribution is -2.30. The molecule has 0 spiro atoms. The minimum absolute atomic E-state index is 0.0215. The van der Waals surface area contributed by atoms with Gasteiger partial charge in [-0.1, -0.05) is 53.6 Å². The summed E-state index contributed by atoms with van der Waals surface area (Å²) in [5.74, 6) is 2.21. The van der Waals surface area contributed by atoms with Gasteiger partial charge >= 0.3 is 0 Å². The molecule has 122 valence electrons. The molecule has 3 nitrogen and oxygen atoms in total. The maximum atomic E-state index is 11.7. The molecule has 0 heterocycles. The average Bonchev–Trinajstić information content (AvgIpc) is 2.54. The number of benzene rings is 2. The molecule has 2 aromatic rings. The van der Waals surface area contributed by atoms with Gasteiger partial charge in [0.1, 0.15) is 5.75 Å². The molecule has 2 aromatic carbocycles. The summed E-state index contributed by atoms with van der Waals surface area (Å²) in [6.45, 7) is 2.70. The second-order valence-corrected chi connectivity index (χ2v) is 6.62. The number of hydrogen-bond donors (Lipinski definition) is 1. The fourth-order valence-corrected chi connectivity index (χ4v) is 3.01. The van der Waals surface area contributed by atoms with Crippen LogP contribution in [0.2, 0.25) is 5.02 Å². The zero-order valence-corrected chi connectivity index (χ0v) is 14.6. The normalized spacial score (nSPS) is 10.3. The first kappa shape index (κ1) is 17.7. The molecule has 0 radical (unpaired) electrons. The Morgan fingerprint density at radius 3 is 2.83 bits per heavy atom. The van der Waals surface area contributed by atoms with Gasteiger partial charge in [0.05, 0.1) is 5.02 Å². The number of aryl methyl sites for hydroxylation is 1. The third kappa shape index (κ3) is 6.55. The molecule has 0 aromatic heterocycles. The molecule has 2 rings (SSSR count). The predicted molar refractivity (Wildman–Crippen MR) is 97.3 cm³/mol. The van der Waals surface area contributed by atoms with Crippen LogP contribution in [0.1, 0.15) is 11.1 Å². The standard InChI is InChI=1S/C18H20ClNO2S/c1-14-5-4-6-15(11-14)13-23-10-9-20-18(21)12-22-17-8-3-2-7-16(17)19/h2-8,11H,9-10,12-13H2,1H3,(H,20,21). The van der Waals surface area contributed by atoms with Crippen LogP contribution in [-0.4, -0.2) is 24.8 Å². The minimum atomic E-state index is -0.138. The highest BCUT2D eigenvalue weighted by atomic mass is 35.5. The Bertz CT molecular complexity index is 648. The summed E-state index contributed by atoms with van der Waals surface area (Å²) >= 11 is 7.76. The van der Waals surface area contributed by atoms with Crippen molar-refractivity contribution in [1.29, 1.82) is 0 Å². The molecule has 0 fully saturated rings. The van der Waals surface area contributed by atoms with Gasteiger partial charge in [-0.2, -0.15) is 11.8 Å². The number of para-hydroxylation sites is 1. The van der Waals surface area contributed by atoms with Gasteiger partial charge in [0.2, 0.25) is 0 Å². The summed E-state index contributed by atoms with van der Waals surface area (Å²) in [4.78, 5) is 11.7. The van der Waals surface area contributed by atoms with E-state index in [0.717, 1.165) is 11.5 Å². The average molecular weight is 350 g/mol. The lowest BCUT2D eigenvalue weighted by molar-refractivity contribution is -0.122. The number of amides is 1. The maximum absolute atomic E-state index is 11.7. The van der Waals surface area contributed by atoms with Crippen LogP contribution in [0.4, 0.5) is 0 Å². The Labute approximate surface area is 146 Å². The van der Waals surface area contributed by atoms with E-state index in [0.29, 0.717) is 17.3 Å². The molecule has 5 heteroatoms. The predicted octanol–water partition coefficient (Wildman–Crippen LogP) is 4.08. The fraction of sp³-hybridized carbons (Fsp3) is 0.278. The number of ether oxygens (including phenoxy) is 1. The monoisotopic (exact) mass is 349 g/mol. The number of thioether (sulfide) groups is 1. The molecule has 0 aliphatic heterocycles. The van der Waals surface area contributed by atoms with Gasteiger partial charge in [0, 0.05) is 18.1 Å². The second-order valence-electron chi connectivity index (χ2n) is 5.11. The topological polar surface area (TPSA) is 38.3 Å². The number of nitrogens with one attached hydrogen (secondary N) is 1.